The molecule has 3 rings (SSSR count). The number of hydrogen-bond acceptors (Lipinski definition) is 1. The zero-order chi connectivity index (χ0) is 15.0. The molecule has 0 saturated heterocycles. The number of ether oxygens (including phenoxy) is 1. The van der Waals surface area contributed by atoms with E-state index in [1.165, 1.54) is 5.56 Å². The number of rotatable bonds is 4. The molecule has 1 nitrogen and oxygen atoms in total. The fourth-order valence-electron chi connectivity index (χ4n) is 2.76. The average Bonchev–Trinajstić information content (AvgIpc) is 3.30. The van der Waals surface area contributed by atoms with Crippen molar-refractivity contribution in [1.29, 1.82) is 0 Å². The molecule has 0 N–H and O–H groups in total. The van der Waals surface area contributed by atoms with Gasteiger partial charge in [-0.3, -0.25) is 0 Å². The maximum Gasteiger partial charge on any atom is 0.138 e. The van der Waals surface area contributed by atoms with Crippen LogP contribution in [0.15, 0.2) is 42.5 Å². The normalized spacial score (nSPS) is 21.9. The molecule has 1 saturated carbocycles. The van der Waals surface area contributed by atoms with Crippen molar-refractivity contribution >= 4 is 34.8 Å². The largest absolute Gasteiger partial charge is 0.495 e. The van der Waals surface area contributed by atoms with Crippen molar-refractivity contribution in [2.75, 3.05) is 7.11 Å². The van der Waals surface area contributed by atoms with Gasteiger partial charge in [0.05, 0.1) is 17.5 Å². The van der Waals surface area contributed by atoms with E-state index in [0.29, 0.717) is 27.6 Å². The highest BCUT2D eigenvalue weighted by atomic mass is 35.5. The predicted molar refractivity (Wildman–Crippen MR) is 88.9 cm³/mol. The van der Waals surface area contributed by atoms with Crippen molar-refractivity contribution in [2.45, 2.75) is 17.7 Å². The van der Waals surface area contributed by atoms with Crippen LogP contribution in [0, 0.1) is 5.92 Å². The Kier molecular flexibility index (Phi) is 4.35. The van der Waals surface area contributed by atoms with Crippen LogP contribution in [0.1, 0.15) is 28.8 Å². The van der Waals surface area contributed by atoms with Crippen LogP contribution in [0.3, 0.4) is 0 Å². The van der Waals surface area contributed by atoms with Crippen LogP contribution in [0.25, 0.3) is 0 Å². The van der Waals surface area contributed by atoms with Crippen molar-refractivity contribution < 1.29 is 4.74 Å². The second-order valence-corrected chi connectivity index (χ2v) is 6.61. The van der Waals surface area contributed by atoms with Crippen LogP contribution in [0.2, 0.25) is 10.0 Å². The Hall–Kier alpha value is -0.890. The molecule has 0 amide bonds. The van der Waals surface area contributed by atoms with Crippen molar-refractivity contribution in [3.8, 4) is 5.75 Å². The van der Waals surface area contributed by atoms with Crippen LogP contribution < -0.4 is 4.74 Å². The average molecular weight is 342 g/mol. The Morgan fingerprint density at radius 1 is 1.10 bits per heavy atom. The van der Waals surface area contributed by atoms with Gasteiger partial charge in [0, 0.05) is 11.1 Å². The molecule has 0 bridgehead atoms. The summed E-state index contributed by atoms with van der Waals surface area (Å²) in [5.74, 6) is 1.48. The summed E-state index contributed by atoms with van der Waals surface area (Å²) in [7, 11) is 1.57. The summed E-state index contributed by atoms with van der Waals surface area (Å²) in [4.78, 5) is 0. The van der Waals surface area contributed by atoms with Crippen LogP contribution >= 0.6 is 34.8 Å². The van der Waals surface area contributed by atoms with Crippen molar-refractivity contribution in [3.05, 3.63) is 63.6 Å². The first-order valence-corrected chi connectivity index (χ1v) is 8.03. The molecule has 0 spiro atoms. The Bertz CT molecular complexity index is 642. The Morgan fingerprint density at radius 2 is 1.81 bits per heavy atom. The molecule has 0 aliphatic heterocycles. The second-order valence-electron chi connectivity index (χ2n) is 5.33. The lowest BCUT2D eigenvalue weighted by Crippen LogP contribution is -1.97. The highest BCUT2D eigenvalue weighted by Crippen LogP contribution is 2.57. The van der Waals surface area contributed by atoms with Crippen LogP contribution in [0.4, 0.5) is 0 Å². The summed E-state index contributed by atoms with van der Waals surface area (Å²) >= 11 is 19.1. The zero-order valence-electron chi connectivity index (χ0n) is 11.5. The third kappa shape index (κ3) is 3.01. The lowest BCUT2D eigenvalue weighted by Gasteiger charge is -2.14. The van der Waals surface area contributed by atoms with Crippen LogP contribution in [0.5, 0.6) is 5.75 Å². The third-order valence-corrected chi connectivity index (χ3v) is 5.19. The van der Waals surface area contributed by atoms with Crippen LogP contribution in [-0.2, 0) is 0 Å². The van der Waals surface area contributed by atoms with E-state index >= 15 is 0 Å². The van der Waals surface area contributed by atoms with Crippen molar-refractivity contribution in [1.82, 2.24) is 0 Å². The van der Waals surface area contributed by atoms with Gasteiger partial charge >= 0.3 is 0 Å². The molecule has 0 aromatic heterocycles. The number of alkyl halides is 1. The van der Waals surface area contributed by atoms with Gasteiger partial charge in [0.2, 0.25) is 0 Å². The lowest BCUT2D eigenvalue weighted by atomic mass is 10.0. The topological polar surface area (TPSA) is 9.23 Å². The van der Waals surface area contributed by atoms with Gasteiger partial charge in [-0.2, -0.15) is 0 Å². The lowest BCUT2D eigenvalue weighted by molar-refractivity contribution is 0.415. The summed E-state index contributed by atoms with van der Waals surface area (Å²) in [5.41, 5.74) is 2.22. The fraction of sp³-hybridized carbons (Fsp3) is 0.294. The molecule has 110 valence electrons. The zero-order valence-corrected chi connectivity index (χ0v) is 13.8. The smallest absolute Gasteiger partial charge is 0.138 e. The molecule has 0 radical (unpaired) electrons. The van der Waals surface area contributed by atoms with Crippen molar-refractivity contribution in [2.24, 2.45) is 5.92 Å². The molecule has 3 atom stereocenters. The van der Waals surface area contributed by atoms with E-state index in [1.807, 2.05) is 12.1 Å². The minimum atomic E-state index is -0.133. The van der Waals surface area contributed by atoms with E-state index in [-0.39, 0.29) is 5.38 Å². The summed E-state index contributed by atoms with van der Waals surface area (Å²) in [6.45, 7) is 0. The second kappa shape index (κ2) is 6.08. The maximum atomic E-state index is 6.64. The van der Waals surface area contributed by atoms with Gasteiger partial charge in [-0.05, 0) is 35.4 Å². The summed E-state index contributed by atoms with van der Waals surface area (Å²) < 4.78 is 5.17. The van der Waals surface area contributed by atoms with E-state index in [1.54, 1.807) is 13.2 Å². The maximum absolute atomic E-state index is 6.64. The van der Waals surface area contributed by atoms with Crippen molar-refractivity contribution in [3.63, 3.8) is 0 Å². The van der Waals surface area contributed by atoms with E-state index in [9.17, 15) is 0 Å². The van der Waals surface area contributed by atoms with Gasteiger partial charge < -0.3 is 4.74 Å². The molecule has 4 heteroatoms. The molecule has 1 fully saturated rings. The molecule has 2 aromatic rings. The summed E-state index contributed by atoms with van der Waals surface area (Å²) in [5, 5.41) is 1.01. The Balaban J connectivity index is 1.81. The molecule has 3 unspecified atom stereocenters. The first kappa shape index (κ1) is 15.0. The molecular formula is C17H15Cl3O. The predicted octanol–water partition coefficient (Wildman–Crippen LogP) is 6.09. The first-order chi connectivity index (χ1) is 10.1. The van der Waals surface area contributed by atoms with Gasteiger partial charge in [-0.15, -0.1) is 11.6 Å². The van der Waals surface area contributed by atoms with E-state index in [0.717, 1.165) is 12.0 Å². The monoisotopic (exact) mass is 340 g/mol. The number of methoxy groups -OCH3 is 1. The van der Waals surface area contributed by atoms with E-state index in [4.69, 9.17) is 39.5 Å². The van der Waals surface area contributed by atoms with Gasteiger partial charge in [0.1, 0.15) is 5.75 Å². The Labute approximate surface area is 139 Å². The summed E-state index contributed by atoms with van der Waals surface area (Å²) in [6, 6.07) is 14.0. The standard InChI is InChI=1S/C17H15Cl3O/c1-21-16-9-14(18)13(8-15(16)19)17(20)12-7-11(12)10-5-3-2-4-6-10/h2-6,8-9,11-12,17H,7H2,1H3. The van der Waals surface area contributed by atoms with Crippen LogP contribution in [-0.4, -0.2) is 7.11 Å². The molecular weight excluding hydrogens is 327 g/mol. The number of halogens is 3. The van der Waals surface area contributed by atoms with Gasteiger partial charge in [-0.1, -0.05) is 53.5 Å². The van der Waals surface area contributed by atoms with Gasteiger partial charge in [0.15, 0.2) is 0 Å². The molecule has 21 heavy (non-hydrogen) atoms. The molecule has 1 aliphatic rings. The molecule has 1 aliphatic carbocycles. The molecule has 0 heterocycles. The quantitative estimate of drug-likeness (QED) is 0.612. The Morgan fingerprint density at radius 3 is 2.48 bits per heavy atom. The minimum absolute atomic E-state index is 0.133. The minimum Gasteiger partial charge on any atom is -0.495 e. The molecule has 2 aromatic carbocycles. The summed E-state index contributed by atoms with van der Waals surface area (Å²) in [6.07, 6.45) is 1.08. The SMILES string of the molecule is COc1cc(Cl)c(C(Cl)C2CC2c2ccccc2)cc1Cl. The van der Waals surface area contributed by atoms with Gasteiger partial charge in [0.25, 0.3) is 0 Å². The fourth-order valence-corrected chi connectivity index (χ4v) is 3.80. The van der Waals surface area contributed by atoms with E-state index in [2.05, 4.69) is 24.3 Å². The number of hydrogen-bond donors (Lipinski definition) is 0. The van der Waals surface area contributed by atoms with Gasteiger partial charge in [-0.25, -0.2) is 0 Å². The highest BCUT2D eigenvalue weighted by molar-refractivity contribution is 6.35. The van der Waals surface area contributed by atoms with E-state index < -0.39 is 0 Å². The third-order valence-electron chi connectivity index (χ3n) is 4.01. The number of benzene rings is 2. The highest BCUT2D eigenvalue weighted by Gasteiger charge is 2.44. The first-order valence-electron chi connectivity index (χ1n) is 6.83.